The first-order chi connectivity index (χ1) is 15.5. The number of nitrogens with zero attached hydrogens (tertiary/aromatic N) is 3. The van der Waals surface area contributed by atoms with E-state index in [1.165, 1.54) is 11.8 Å². The van der Waals surface area contributed by atoms with Gasteiger partial charge in [0.05, 0.1) is 23.7 Å². The maximum absolute atomic E-state index is 13.4. The van der Waals surface area contributed by atoms with E-state index in [0.717, 1.165) is 23.0 Å². The predicted octanol–water partition coefficient (Wildman–Crippen LogP) is 3.90. The summed E-state index contributed by atoms with van der Waals surface area (Å²) in [7, 11) is 3.93. The molecule has 0 spiro atoms. The number of halogens is 1. The lowest BCUT2D eigenvalue weighted by atomic mass is 9.92. The SMILES string of the molecule is CC1=C(C(=O)NC(C)(C)C)C(c2ccc(Cl)cc2)N2C(CC(=O)NCCN(C)C)=CSC2=N1. The van der Waals surface area contributed by atoms with Gasteiger partial charge >= 0.3 is 0 Å². The molecule has 0 saturated carbocycles. The Morgan fingerprint density at radius 3 is 2.48 bits per heavy atom. The van der Waals surface area contributed by atoms with Crippen LogP contribution in [0.15, 0.2) is 51.6 Å². The molecule has 2 heterocycles. The topological polar surface area (TPSA) is 77.0 Å². The Kier molecular flexibility index (Phi) is 7.92. The summed E-state index contributed by atoms with van der Waals surface area (Å²) < 4.78 is 0. The second kappa shape index (κ2) is 10.3. The number of rotatable bonds is 7. The molecule has 2 amide bonds. The van der Waals surface area contributed by atoms with Gasteiger partial charge in [0.25, 0.3) is 5.91 Å². The molecule has 0 radical (unpaired) electrons. The Labute approximate surface area is 205 Å². The van der Waals surface area contributed by atoms with Gasteiger partial charge in [-0.05, 0) is 64.9 Å². The van der Waals surface area contributed by atoms with E-state index in [1.54, 1.807) is 0 Å². The number of allylic oxidation sites excluding steroid dienone is 1. The minimum absolute atomic E-state index is 0.0632. The van der Waals surface area contributed by atoms with Gasteiger partial charge in [0.1, 0.15) is 0 Å². The molecule has 1 aromatic rings. The van der Waals surface area contributed by atoms with Crippen molar-refractivity contribution in [2.24, 2.45) is 4.99 Å². The molecule has 0 bridgehead atoms. The summed E-state index contributed by atoms with van der Waals surface area (Å²) in [6.45, 7) is 9.05. The van der Waals surface area contributed by atoms with Gasteiger partial charge in [-0.25, -0.2) is 4.99 Å². The molecule has 2 N–H and O–H groups in total. The first-order valence-corrected chi connectivity index (χ1v) is 12.2. The van der Waals surface area contributed by atoms with Crippen LogP contribution < -0.4 is 10.6 Å². The van der Waals surface area contributed by atoms with Gasteiger partial charge in [0, 0.05) is 29.3 Å². The van der Waals surface area contributed by atoms with Crippen LogP contribution in [0.2, 0.25) is 5.02 Å². The van der Waals surface area contributed by atoms with Gasteiger partial charge in [0.2, 0.25) is 5.91 Å². The second-order valence-electron chi connectivity index (χ2n) is 9.48. The summed E-state index contributed by atoms with van der Waals surface area (Å²) in [4.78, 5) is 34.8. The molecule has 9 heteroatoms. The molecule has 33 heavy (non-hydrogen) atoms. The lowest BCUT2D eigenvalue weighted by Gasteiger charge is -2.37. The highest BCUT2D eigenvalue weighted by Crippen LogP contribution is 2.44. The molecule has 7 nitrogen and oxygen atoms in total. The van der Waals surface area contributed by atoms with Gasteiger partial charge < -0.3 is 20.4 Å². The van der Waals surface area contributed by atoms with E-state index < -0.39 is 11.6 Å². The first-order valence-electron chi connectivity index (χ1n) is 10.9. The fourth-order valence-corrected chi connectivity index (χ4v) is 4.76. The average Bonchev–Trinajstić information content (AvgIpc) is 3.07. The molecular weight excluding hydrogens is 458 g/mol. The van der Waals surface area contributed by atoms with Crippen LogP contribution >= 0.6 is 23.4 Å². The Morgan fingerprint density at radius 2 is 1.88 bits per heavy atom. The molecule has 0 fully saturated rings. The molecule has 0 aromatic heterocycles. The lowest BCUT2D eigenvalue weighted by molar-refractivity contribution is -0.120. The van der Waals surface area contributed by atoms with Crippen LogP contribution in [0.3, 0.4) is 0 Å². The normalized spacial score (nSPS) is 18.2. The summed E-state index contributed by atoms with van der Waals surface area (Å²) in [5, 5.41) is 9.37. The van der Waals surface area contributed by atoms with Crippen molar-refractivity contribution in [2.75, 3.05) is 27.2 Å². The highest BCUT2D eigenvalue weighted by Gasteiger charge is 2.41. The third kappa shape index (κ3) is 6.40. The van der Waals surface area contributed by atoms with E-state index in [1.807, 2.05) is 81.3 Å². The number of amidine groups is 1. The highest BCUT2D eigenvalue weighted by atomic mass is 35.5. The molecule has 178 valence electrons. The molecule has 0 saturated heterocycles. The number of fused-ring (bicyclic) bond motifs is 1. The number of thioether (sulfide) groups is 1. The summed E-state index contributed by atoms with van der Waals surface area (Å²) in [5.74, 6) is -0.235. The van der Waals surface area contributed by atoms with E-state index in [0.29, 0.717) is 22.8 Å². The Hall–Kier alpha value is -2.29. The van der Waals surface area contributed by atoms with E-state index in [2.05, 4.69) is 10.6 Å². The van der Waals surface area contributed by atoms with Crippen molar-refractivity contribution in [2.45, 2.75) is 45.7 Å². The zero-order chi connectivity index (χ0) is 24.3. The Bertz CT molecular complexity index is 1010. The molecule has 0 aliphatic carbocycles. The van der Waals surface area contributed by atoms with Crippen LogP contribution in [0.5, 0.6) is 0 Å². The van der Waals surface area contributed by atoms with Crippen LogP contribution in [0.4, 0.5) is 0 Å². The largest absolute Gasteiger partial charge is 0.354 e. The monoisotopic (exact) mass is 489 g/mol. The van der Waals surface area contributed by atoms with Crippen LogP contribution in [-0.2, 0) is 9.59 Å². The van der Waals surface area contributed by atoms with Crippen molar-refractivity contribution in [1.29, 1.82) is 0 Å². The number of carbonyl (C=O) groups excluding carboxylic acids is 2. The van der Waals surface area contributed by atoms with Crippen molar-refractivity contribution in [1.82, 2.24) is 20.4 Å². The number of hydrogen-bond acceptors (Lipinski definition) is 6. The summed E-state index contributed by atoms with van der Waals surface area (Å²) in [6.07, 6.45) is 0.205. The molecule has 2 aliphatic rings. The van der Waals surface area contributed by atoms with Gasteiger partial charge in [-0.3, -0.25) is 9.59 Å². The summed E-state index contributed by atoms with van der Waals surface area (Å²) in [5.41, 5.74) is 2.56. The van der Waals surface area contributed by atoms with Crippen molar-refractivity contribution in [3.05, 3.63) is 57.2 Å². The lowest BCUT2D eigenvalue weighted by Crippen LogP contribution is -2.46. The molecule has 3 rings (SSSR count). The number of hydrogen-bond donors (Lipinski definition) is 2. The number of carbonyl (C=O) groups is 2. The van der Waals surface area contributed by atoms with Gasteiger partial charge in [-0.1, -0.05) is 35.5 Å². The maximum Gasteiger partial charge on any atom is 0.251 e. The minimum Gasteiger partial charge on any atom is -0.354 e. The highest BCUT2D eigenvalue weighted by molar-refractivity contribution is 8.16. The van der Waals surface area contributed by atoms with Crippen molar-refractivity contribution >= 4 is 40.3 Å². The Balaban J connectivity index is 1.94. The fraction of sp³-hybridized carbons (Fsp3) is 0.458. The fourth-order valence-electron chi connectivity index (χ4n) is 3.67. The number of amides is 2. The van der Waals surface area contributed by atoms with E-state index in [9.17, 15) is 9.59 Å². The van der Waals surface area contributed by atoms with Crippen molar-refractivity contribution < 1.29 is 9.59 Å². The quantitative estimate of drug-likeness (QED) is 0.607. The van der Waals surface area contributed by atoms with Crippen LogP contribution in [0.25, 0.3) is 0 Å². The molecular formula is C24H32ClN5O2S. The van der Waals surface area contributed by atoms with E-state index in [-0.39, 0.29) is 18.2 Å². The summed E-state index contributed by atoms with van der Waals surface area (Å²) in [6, 6.07) is 7.07. The van der Waals surface area contributed by atoms with E-state index >= 15 is 0 Å². The number of likely N-dealkylation sites (N-methyl/N-ethyl adjacent to an activating group) is 1. The number of benzene rings is 1. The molecule has 1 aromatic carbocycles. The van der Waals surface area contributed by atoms with Gasteiger partial charge in [0.15, 0.2) is 5.17 Å². The van der Waals surface area contributed by atoms with Crippen molar-refractivity contribution in [3.8, 4) is 0 Å². The predicted molar refractivity (Wildman–Crippen MR) is 136 cm³/mol. The zero-order valence-electron chi connectivity index (χ0n) is 20.0. The average molecular weight is 490 g/mol. The third-order valence-electron chi connectivity index (χ3n) is 5.14. The number of nitrogens with one attached hydrogen (secondary N) is 2. The molecule has 1 unspecified atom stereocenters. The van der Waals surface area contributed by atoms with Gasteiger partial charge in [-0.2, -0.15) is 0 Å². The smallest absolute Gasteiger partial charge is 0.251 e. The van der Waals surface area contributed by atoms with E-state index in [4.69, 9.17) is 16.6 Å². The van der Waals surface area contributed by atoms with Gasteiger partial charge in [-0.15, -0.1) is 0 Å². The van der Waals surface area contributed by atoms with Crippen LogP contribution in [0.1, 0.15) is 45.7 Å². The van der Waals surface area contributed by atoms with Crippen LogP contribution in [0, 0.1) is 0 Å². The van der Waals surface area contributed by atoms with Crippen molar-refractivity contribution in [3.63, 3.8) is 0 Å². The number of aliphatic imine (C=N–C) groups is 1. The zero-order valence-corrected chi connectivity index (χ0v) is 21.6. The molecule has 1 atom stereocenters. The molecule has 2 aliphatic heterocycles. The first kappa shape index (κ1) is 25.3. The standard InChI is InChI=1S/C24H32ClN5O2S/c1-15-20(22(32)28-24(2,3)4)21(16-7-9-17(25)10-8-16)30-18(14-33-23(30)27-15)13-19(31)26-11-12-29(5)6/h7-10,14,21H,11-13H2,1-6H3,(H,26,31)(H,28,32). The Morgan fingerprint density at radius 1 is 1.21 bits per heavy atom. The minimum atomic E-state index is -0.409. The maximum atomic E-state index is 13.4. The third-order valence-corrected chi connectivity index (χ3v) is 6.28. The van der Waals surface area contributed by atoms with Crippen LogP contribution in [-0.4, -0.2) is 59.5 Å². The summed E-state index contributed by atoms with van der Waals surface area (Å²) >= 11 is 7.62. The second-order valence-corrected chi connectivity index (χ2v) is 10.8.